The lowest BCUT2D eigenvalue weighted by molar-refractivity contribution is 0.987. The van der Waals surface area contributed by atoms with Crippen LogP contribution in [0.4, 0.5) is 5.69 Å². The van der Waals surface area contributed by atoms with E-state index < -0.39 is 0 Å². The number of nitrogens with zero attached hydrogens (tertiary/aromatic N) is 2. The first-order chi connectivity index (χ1) is 6.27. The SMILES string of the molecule is CN(CCI)c1cccc(C#N)c1. The van der Waals surface area contributed by atoms with Gasteiger partial charge in [-0.15, -0.1) is 0 Å². The summed E-state index contributed by atoms with van der Waals surface area (Å²) in [7, 11) is 2.04. The second kappa shape index (κ2) is 5.07. The molecule has 0 radical (unpaired) electrons. The molecule has 68 valence electrons. The number of rotatable bonds is 3. The van der Waals surface area contributed by atoms with Crippen molar-refractivity contribution >= 4 is 28.3 Å². The van der Waals surface area contributed by atoms with Gasteiger partial charge in [0.2, 0.25) is 0 Å². The smallest absolute Gasteiger partial charge is 0.0992 e. The van der Waals surface area contributed by atoms with E-state index >= 15 is 0 Å². The van der Waals surface area contributed by atoms with Crippen LogP contribution in [-0.4, -0.2) is 18.0 Å². The Morgan fingerprint density at radius 3 is 2.92 bits per heavy atom. The Kier molecular flexibility index (Phi) is 4.03. The molecular weight excluding hydrogens is 275 g/mol. The van der Waals surface area contributed by atoms with Crippen molar-refractivity contribution in [2.45, 2.75) is 0 Å². The lowest BCUT2D eigenvalue weighted by Gasteiger charge is -2.17. The molecular formula is C10H11IN2. The molecule has 0 spiro atoms. The fourth-order valence-electron chi connectivity index (χ4n) is 1.07. The van der Waals surface area contributed by atoms with Crippen molar-refractivity contribution < 1.29 is 0 Å². The molecule has 0 N–H and O–H groups in total. The van der Waals surface area contributed by atoms with Gasteiger partial charge in [-0.3, -0.25) is 0 Å². The van der Waals surface area contributed by atoms with Crippen molar-refractivity contribution in [3.8, 4) is 6.07 Å². The fourth-order valence-corrected chi connectivity index (χ4v) is 1.79. The van der Waals surface area contributed by atoms with Crippen molar-refractivity contribution in [3.05, 3.63) is 29.8 Å². The van der Waals surface area contributed by atoms with E-state index in [4.69, 9.17) is 5.26 Å². The van der Waals surface area contributed by atoms with Crippen LogP contribution in [0.2, 0.25) is 0 Å². The van der Waals surface area contributed by atoms with Crippen molar-refractivity contribution in [1.82, 2.24) is 0 Å². The molecule has 0 unspecified atom stereocenters. The van der Waals surface area contributed by atoms with Gasteiger partial charge in [-0.1, -0.05) is 28.7 Å². The lowest BCUT2D eigenvalue weighted by atomic mass is 10.2. The van der Waals surface area contributed by atoms with Gasteiger partial charge in [0.05, 0.1) is 11.6 Å². The first-order valence-corrected chi connectivity index (χ1v) is 5.57. The highest BCUT2D eigenvalue weighted by Gasteiger charge is 1.99. The number of anilines is 1. The van der Waals surface area contributed by atoms with Gasteiger partial charge >= 0.3 is 0 Å². The largest absolute Gasteiger partial charge is 0.374 e. The van der Waals surface area contributed by atoms with E-state index in [1.54, 1.807) is 0 Å². The third-order valence-corrected chi connectivity index (χ3v) is 2.32. The van der Waals surface area contributed by atoms with E-state index in [0.29, 0.717) is 0 Å². The first kappa shape index (κ1) is 10.3. The molecule has 3 heteroatoms. The van der Waals surface area contributed by atoms with Crippen molar-refractivity contribution in [2.24, 2.45) is 0 Å². The van der Waals surface area contributed by atoms with Crippen molar-refractivity contribution in [2.75, 3.05) is 22.9 Å². The molecule has 0 aliphatic heterocycles. The molecule has 2 nitrogen and oxygen atoms in total. The molecule has 1 aromatic carbocycles. The molecule has 13 heavy (non-hydrogen) atoms. The minimum atomic E-state index is 0.720. The number of alkyl halides is 1. The summed E-state index contributed by atoms with van der Waals surface area (Å²) in [6.45, 7) is 1.01. The van der Waals surface area contributed by atoms with Crippen LogP contribution in [-0.2, 0) is 0 Å². The molecule has 0 bridgehead atoms. The summed E-state index contributed by atoms with van der Waals surface area (Å²) < 4.78 is 1.09. The number of nitriles is 1. The Bertz CT molecular complexity index is 317. The highest BCUT2D eigenvalue weighted by atomic mass is 127. The van der Waals surface area contributed by atoms with Gasteiger partial charge in [0.1, 0.15) is 0 Å². The van der Waals surface area contributed by atoms with Crippen LogP contribution in [0.1, 0.15) is 5.56 Å². The van der Waals surface area contributed by atoms with Crippen LogP contribution in [0.3, 0.4) is 0 Å². The van der Waals surface area contributed by atoms with Crippen LogP contribution >= 0.6 is 22.6 Å². The Hall–Kier alpha value is -0.760. The topological polar surface area (TPSA) is 27.0 Å². The molecule has 1 aromatic rings. The first-order valence-electron chi connectivity index (χ1n) is 4.05. The van der Waals surface area contributed by atoms with Gasteiger partial charge in [0.25, 0.3) is 0 Å². The molecule has 0 amide bonds. The second-order valence-electron chi connectivity index (χ2n) is 2.77. The van der Waals surface area contributed by atoms with E-state index in [1.165, 1.54) is 0 Å². The van der Waals surface area contributed by atoms with Gasteiger partial charge in [-0.05, 0) is 18.2 Å². The van der Waals surface area contributed by atoms with Crippen LogP contribution in [0.25, 0.3) is 0 Å². The monoisotopic (exact) mass is 286 g/mol. The minimum absolute atomic E-state index is 0.720. The summed E-state index contributed by atoms with van der Waals surface area (Å²) >= 11 is 2.34. The molecule has 0 aliphatic carbocycles. The Morgan fingerprint density at radius 2 is 2.31 bits per heavy atom. The molecule has 0 aliphatic rings. The maximum atomic E-state index is 8.70. The molecule has 0 heterocycles. The zero-order valence-corrected chi connectivity index (χ0v) is 9.65. The van der Waals surface area contributed by atoms with E-state index in [0.717, 1.165) is 22.2 Å². The molecule has 1 rings (SSSR count). The van der Waals surface area contributed by atoms with Gasteiger partial charge in [0.15, 0.2) is 0 Å². The Balaban J connectivity index is 2.83. The van der Waals surface area contributed by atoms with Gasteiger partial charge < -0.3 is 4.90 Å². The van der Waals surface area contributed by atoms with E-state index in [-0.39, 0.29) is 0 Å². The number of halogens is 1. The summed E-state index contributed by atoms with van der Waals surface area (Å²) in [6.07, 6.45) is 0. The van der Waals surface area contributed by atoms with Crippen molar-refractivity contribution in [3.63, 3.8) is 0 Å². The zero-order chi connectivity index (χ0) is 9.68. The van der Waals surface area contributed by atoms with Gasteiger partial charge in [-0.25, -0.2) is 0 Å². The standard InChI is InChI=1S/C10H11IN2/c1-13(6-5-11)10-4-2-3-9(7-10)8-12/h2-4,7H,5-6H2,1H3. The lowest BCUT2D eigenvalue weighted by Crippen LogP contribution is -2.19. The van der Waals surface area contributed by atoms with E-state index in [9.17, 15) is 0 Å². The second-order valence-corrected chi connectivity index (χ2v) is 3.85. The van der Waals surface area contributed by atoms with Gasteiger partial charge in [0, 0.05) is 23.7 Å². The third kappa shape index (κ3) is 2.88. The van der Waals surface area contributed by atoms with Crippen LogP contribution in [0, 0.1) is 11.3 Å². The summed E-state index contributed by atoms with van der Waals surface area (Å²) in [5, 5.41) is 8.70. The minimum Gasteiger partial charge on any atom is -0.374 e. The fraction of sp³-hybridized carbons (Fsp3) is 0.300. The maximum absolute atomic E-state index is 8.70. The highest BCUT2D eigenvalue weighted by molar-refractivity contribution is 14.1. The molecule has 0 aromatic heterocycles. The third-order valence-electron chi connectivity index (χ3n) is 1.84. The van der Waals surface area contributed by atoms with Crippen LogP contribution < -0.4 is 4.90 Å². The molecule has 0 fully saturated rings. The summed E-state index contributed by atoms with van der Waals surface area (Å²) in [4.78, 5) is 2.15. The number of hydrogen-bond acceptors (Lipinski definition) is 2. The summed E-state index contributed by atoms with van der Waals surface area (Å²) in [5.74, 6) is 0. The van der Waals surface area contributed by atoms with Crippen LogP contribution in [0.5, 0.6) is 0 Å². The predicted molar refractivity (Wildman–Crippen MR) is 63.3 cm³/mol. The van der Waals surface area contributed by atoms with E-state index in [1.807, 2.05) is 31.3 Å². The normalized spacial score (nSPS) is 9.31. The summed E-state index contributed by atoms with van der Waals surface area (Å²) in [6, 6.07) is 9.80. The molecule has 0 saturated heterocycles. The number of hydrogen-bond donors (Lipinski definition) is 0. The Labute approximate surface area is 92.3 Å². The summed E-state index contributed by atoms with van der Waals surface area (Å²) in [5.41, 5.74) is 1.83. The highest BCUT2D eigenvalue weighted by Crippen LogP contribution is 2.13. The zero-order valence-electron chi connectivity index (χ0n) is 7.50. The Morgan fingerprint density at radius 1 is 1.54 bits per heavy atom. The van der Waals surface area contributed by atoms with Crippen molar-refractivity contribution in [1.29, 1.82) is 5.26 Å². The number of benzene rings is 1. The average Bonchev–Trinajstić information content (AvgIpc) is 2.18. The maximum Gasteiger partial charge on any atom is 0.0992 e. The van der Waals surface area contributed by atoms with Crippen LogP contribution in [0.15, 0.2) is 24.3 Å². The molecule has 0 atom stereocenters. The van der Waals surface area contributed by atoms with Gasteiger partial charge in [-0.2, -0.15) is 5.26 Å². The molecule has 0 saturated carbocycles. The van der Waals surface area contributed by atoms with E-state index in [2.05, 4.69) is 33.6 Å². The predicted octanol–water partition coefficient (Wildman–Crippen LogP) is 2.43. The quantitative estimate of drug-likeness (QED) is 0.630. The average molecular weight is 286 g/mol.